The molecule has 1 aliphatic heterocycles. The Morgan fingerprint density at radius 3 is 2.33 bits per heavy atom. The van der Waals surface area contributed by atoms with Gasteiger partial charge in [-0.2, -0.15) is 13.2 Å². The molecule has 2 aromatic heterocycles. The number of aromatic nitrogens is 2. The van der Waals surface area contributed by atoms with Crippen molar-refractivity contribution in [3.8, 4) is 0 Å². The number of urea groups is 1. The highest BCUT2D eigenvalue weighted by Crippen LogP contribution is 2.34. The number of nitrogens with one attached hydrogen (secondary N) is 1. The van der Waals surface area contributed by atoms with Crippen LogP contribution >= 0.6 is 11.6 Å². The van der Waals surface area contributed by atoms with Gasteiger partial charge >= 0.3 is 12.2 Å². The highest BCUT2D eigenvalue weighted by Gasteiger charge is 2.32. The molecule has 27 heavy (non-hydrogen) atoms. The summed E-state index contributed by atoms with van der Waals surface area (Å²) in [5, 5.41) is 2.48. The van der Waals surface area contributed by atoms with Gasteiger partial charge in [-0.3, -0.25) is 0 Å². The van der Waals surface area contributed by atoms with E-state index in [4.69, 9.17) is 17.3 Å². The molecule has 2 amide bonds. The molecule has 0 spiro atoms. The maximum Gasteiger partial charge on any atom is 0.417 e. The van der Waals surface area contributed by atoms with Crippen molar-refractivity contribution in [1.82, 2.24) is 9.97 Å². The van der Waals surface area contributed by atoms with Crippen LogP contribution < -0.4 is 20.9 Å². The Morgan fingerprint density at radius 1 is 1.15 bits per heavy atom. The van der Waals surface area contributed by atoms with Crippen molar-refractivity contribution in [3.05, 3.63) is 41.2 Å². The fourth-order valence-electron chi connectivity index (χ4n) is 2.83. The average Bonchev–Trinajstić information content (AvgIpc) is 2.61. The summed E-state index contributed by atoms with van der Waals surface area (Å²) in [6.45, 7) is 1.99. The van der Waals surface area contributed by atoms with Crippen molar-refractivity contribution < 1.29 is 18.0 Å². The predicted octanol–water partition coefficient (Wildman–Crippen LogP) is 2.97. The van der Waals surface area contributed by atoms with Crippen LogP contribution in [0.4, 0.5) is 35.3 Å². The van der Waals surface area contributed by atoms with Gasteiger partial charge in [-0.15, -0.1) is 0 Å². The zero-order valence-electron chi connectivity index (χ0n) is 14.0. The van der Waals surface area contributed by atoms with Gasteiger partial charge in [0.15, 0.2) is 5.82 Å². The van der Waals surface area contributed by atoms with Crippen LogP contribution in [0.3, 0.4) is 0 Å². The molecule has 7 nitrogen and oxygen atoms in total. The molecule has 11 heteroatoms. The molecule has 3 heterocycles. The Kier molecular flexibility index (Phi) is 5.26. The number of amides is 2. The third kappa shape index (κ3) is 4.33. The van der Waals surface area contributed by atoms with Crippen molar-refractivity contribution in [2.45, 2.75) is 6.18 Å². The molecule has 0 atom stereocenters. The van der Waals surface area contributed by atoms with Gasteiger partial charge in [0, 0.05) is 38.6 Å². The first kappa shape index (κ1) is 19.0. The Hall–Kier alpha value is -2.75. The lowest BCUT2D eigenvalue weighted by molar-refractivity contribution is -0.137. The molecule has 0 saturated carbocycles. The van der Waals surface area contributed by atoms with Crippen molar-refractivity contribution in [3.63, 3.8) is 0 Å². The van der Waals surface area contributed by atoms with Crippen LogP contribution in [0.2, 0.25) is 5.02 Å². The van der Waals surface area contributed by atoms with E-state index in [1.807, 2.05) is 9.80 Å². The molecule has 1 saturated heterocycles. The number of nitrogens with two attached hydrogens (primary N) is 1. The second-order valence-electron chi connectivity index (χ2n) is 5.87. The van der Waals surface area contributed by atoms with E-state index >= 15 is 0 Å². The van der Waals surface area contributed by atoms with Crippen LogP contribution in [0.1, 0.15) is 5.56 Å². The number of alkyl halides is 3. The summed E-state index contributed by atoms with van der Waals surface area (Å²) in [5.41, 5.74) is 4.78. The van der Waals surface area contributed by atoms with Crippen LogP contribution in [0.15, 0.2) is 30.6 Å². The SMILES string of the molecule is NC(=O)Nc1cccnc1N1CCN(c2ncc(C(F)(F)F)cc2Cl)CC1. The highest BCUT2D eigenvalue weighted by molar-refractivity contribution is 6.33. The first-order chi connectivity index (χ1) is 12.8. The van der Waals surface area contributed by atoms with E-state index in [0.29, 0.717) is 43.5 Å². The summed E-state index contributed by atoms with van der Waals surface area (Å²) in [7, 11) is 0. The second kappa shape index (κ2) is 7.47. The largest absolute Gasteiger partial charge is 0.417 e. The molecule has 1 fully saturated rings. The zero-order chi connectivity index (χ0) is 19.6. The number of rotatable bonds is 3. The molecule has 144 valence electrons. The summed E-state index contributed by atoms with van der Waals surface area (Å²) >= 11 is 6.01. The molecule has 0 aliphatic carbocycles. The second-order valence-corrected chi connectivity index (χ2v) is 6.27. The lowest BCUT2D eigenvalue weighted by Gasteiger charge is -2.37. The van der Waals surface area contributed by atoms with Gasteiger partial charge in [0.05, 0.1) is 16.3 Å². The number of anilines is 3. The monoisotopic (exact) mass is 400 g/mol. The summed E-state index contributed by atoms with van der Waals surface area (Å²) < 4.78 is 38.2. The summed E-state index contributed by atoms with van der Waals surface area (Å²) in [6.07, 6.45) is -2.11. The molecule has 3 N–H and O–H groups in total. The maximum atomic E-state index is 12.7. The highest BCUT2D eigenvalue weighted by atomic mass is 35.5. The minimum absolute atomic E-state index is 0.0489. The van der Waals surface area contributed by atoms with Crippen molar-refractivity contribution in [1.29, 1.82) is 0 Å². The Bertz CT molecular complexity index is 839. The molecule has 0 radical (unpaired) electrons. The van der Waals surface area contributed by atoms with Gasteiger partial charge in [-0.1, -0.05) is 11.6 Å². The predicted molar refractivity (Wildman–Crippen MR) is 96.1 cm³/mol. The van der Waals surface area contributed by atoms with Gasteiger partial charge in [0.25, 0.3) is 0 Å². The number of pyridine rings is 2. The smallest absolute Gasteiger partial charge is 0.352 e. The number of carbonyl (C=O) groups excluding carboxylic acids is 1. The summed E-state index contributed by atoms with van der Waals surface area (Å²) in [6, 6.07) is 3.55. The van der Waals surface area contributed by atoms with E-state index in [1.165, 1.54) is 0 Å². The fraction of sp³-hybridized carbons (Fsp3) is 0.312. The van der Waals surface area contributed by atoms with Crippen molar-refractivity contribution >= 4 is 35.0 Å². The number of primary amides is 1. The van der Waals surface area contributed by atoms with Gasteiger partial charge in [0.1, 0.15) is 5.82 Å². The van der Waals surface area contributed by atoms with Crippen LogP contribution in [0.5, 0.6) is 0 Å². The van der Waals surface area contributed by atoms with E-state index in [9.17, 15) is 18.0 Å². The zero-order valence-corrected chi connectivity index (χ0v) is 14.8. The first-order valence-electron chi connectivity index (χ1n) is 8.00. The fourth-order valence-corrected chi connectivity index (χ4v) is 3.11. The third-order valence-electron chi connectivity index (χ3n) is 4.07. The standard InChI is InChI=1S/C16H16ClF3N6O/c17-11-8-10(16(18,19)20)9-23-13(11)25-4-6-26(7-5-25)14-12(24-15(21)27)2-1-3-22-14/h1-3,8-9H,4-7H2,(H3,21,24,27). The molecule has 0 bridgehead atoms. The first-order valence-corrected chi connectivity index (χ1v) is 8.37. The topological polar surface area (TPSA) is 87.4 Å². The minimum atomic E-state index is -4.49. The Labute approximate surface area is 157 Å². The molecule has 0 unspecified atom stereocenters. The van der Waals surface area contributed by atoms with E-state index in [2.05, 4.69) is 15.3 Å². The van der Waals surface area contributed by atoms with Crippen LogP contribution in [0, 0.1) is 0 Å². The van der Waals surface area contributed by atoms with Gasteiger partial charge in [0.2, 0.25) is 0 Å². The van der Waals surface area contributed by atoms with Gasteiger partial charge < -0.3 is 20.9 Å². The third-order valence-corrected chi connectivity index (χ3v) is 4.35. The quantitative estimate of drug-likeness (QED) is 0.827. The van der Waals surface area contributed by atoms with Gasteiger partial charge in [-0.05, 0) is 18.2 Å². The Balaban J connectivity index is 1.72. The van der Waals surface area contributed by atoms with E-state index in [-0.39, 0.29) is 5.02 Å². The minimum Gasteiger partial charge on any atom is -0.352 e. The summed E-state index contributed by atoms with van der Waals surface area (Å²) in [5.74, 6) is 0.878. The molecular formula is C16H16ClF3N6O. The van der Waals surface area contributed by atoms with E-state index in [0.717, 1.165) is 12.3 Å². The maximum absolute atomic E-state index is 12.7. The molecule has 2 aromatic rings. The lowest BCUT2D eigenvalue weighted by atomic mass is 10.2. The van der Waals surface area contributed by atoms with Crippen molar-refractivity contribution in [2.24, 2.45) is 5.73 Å². The van der Waals surface area contributed by atoms with Crippen molar-refractivity contribution in [2.75, 3.05) is 41.3 Å². The number of halogens is 4. The molecular weight excluding hydrogens is 385 g/mol. The number of piperazine rings is 1. The number of hydrogen-bond acceptors (Lipinski definition) is 5. The summed E-state index contributed by atoms with van der Waals surface area (Å²) in [4.78, 5) is 23.1. The molecule has 1 aliphatic rings. The average molecular weight is 401 g/mol. The number of hydrogen-bond donors (Lipinski definition) is 2. The van der Waals surface area contributed by atoms with Crippen LogP contribution in [-0.2, 0) is 6.18 Å². The lowest BCUT2D eigenvalue weighted by Crippen LogP contribution is -2.47. The molecule has 0 aromatic carbocycles. The van der Waals surface area contributed by atoms with Crippen LogP contribution in [-0.4, -0.2) is 42.2 Å². The Morgan fingerprint density at radius 2 is 1.78 bits per heavy atom. The van der Waals surface area contributed by atoms with Crippen LogP contribution in [0.25, 0.3) is 0 Å². The number of carbonyl (C=O) groups is 1. The molecule has 3 rings (SSSR count). The van der Waals surface area contributed by atoms with E-state index < -0.39 is 17.8 Å². The normalized spacial score (nSPS) is 15.0. The van der Waals surface area contributed by atoms with Gasteiger partial charge in [-0.25, -0.2) is 14.8 Å². The number of nitrogens with zero attached hydrogens (tertiary/aromatic N) is 4. The van der Waals surface area contributed by atoms with E-state index in [1.54, 1.807) is 18.3 Å².